The van der Waals surface area contributed by atoms with E-state index in [1.807, 2.05) is 30.3 Å². The fourth-order valence-corrected chi connectivity index (χ4v) is 12.7. The highest BCUT2D eigenvalue weighted by Gasteiger charge is 2.45. The maximum Gasteiger partial charge on any atom is 0.252 e. The van der Waals surface area contributed by atoms with Crippen molar-refractivity contribution in [2.45, 2.75) is 78.6 Å². The summed E-state index contributed by atoms with van der Waals surface area (Å²) in [6, 6.07) is 73.6. The highest BCUT2D eigenvalue weighted by molar-refractivity contribution is 7.00. The molecule has 0 bridgehead atoms. The standard InChI is InChI=1S/C74H64BN3O5/c1-72(2,3)51-19-26-55(27-20-51)76(56-25-18-46-34-49(15-14-47(46)35-56)68-38-48-12-10-11-13-65(48)83-68)54-23-16-45(17-24-54)50-36-63-71-64(37-50)78(58-29-33-67-70(42-58)82-44-80-67)62-31-22-53(74(7,8)9)40-60(62)75(71)59-39-52(73(4,5)6)21-30-61(59)77(63)57-28-32-66-69(41-57)81-43-79-66/h10-42H,43-44H2,1-9H3. The summed E-state index contributed by atoms with van der Waals surface area (Å²) >= 11 is 0. The number of anilines is 9. The molecule has 0 aliphatic carbocycles. The zero-order chi connectivity index (χ0) is 56.7. The van der Waals surface area contributed by atoms with Crippen LogP contribution >= 0.6 is 0 Å². The fourth-order valence-electron chi connectivity index (χ4n) is 12.7. The van der Waals surface area contributed by atoms with Crippen molar-refractivity contribution in [3.8, 4) is 45.4 Å². The maximum atomic E-state index is 6.31. The maximum absolute atomic E-state index is 6.31. The second kappa shape index (κ2) is 18.6. The van der Waals surface area contributed by atoms with Crippen LogP contribution in [0.3, 0.4) is 0 Å². The summed E-state index contributed by atoms with van der Waals surface area (Å²) in [6.45, 7) is 20.9. The van der Waals surface area contributed by atoms with Crippen LogP contribution in [0.2, 0.25) is 0 Å². The van der Waals surface area contributed by atoms with E-state index < -0.39 is 0 Å². The predicted octanol–water partition coefficient (Wildman–Crippen LogP) is 17.8. The third kappa shape index (κ3) is 8.58. The number of hydrogen-bond donors (Lipinski definition) is 0. The average molecular weight is 1090 g/mol. The molecule has 1 aromatic heterocycles. The lowest BCUT2D eigenvalue weighted by molar-refractivity contribution is 0.173. The molecule has 83 heavy (non-hydrogen) atoms. The van der Waals surface area contributed by atoms with Crippen molar-refractivity contribution in [1.29, 1.82) is 0 Å². The minimum absolute atomic E-state index is 0.00520. The fraction of sp³-hybridized carbons (Fsp3) is 0.189. The Morgan fingerprint density at radius 2 is 0.867 bits per heavy atom. The van der Waals surface area contributed by atoms with Gasteiger partial charge in [-0.15, -0.1) is 0 Å². The van der Waals surface area contributed by atoms with Crippen LogP contribution in [-0.4, -0.2) is 20.3 Å². The second-order valence-corrected chi connectivity index (χ2v) is 25.7. The first-order valence-electron chi connectivity index (χ1n) is 28.9. The Morgan fingerprint density at radius 3 is 1.43 bits per heavy atom. The van der Waals surface area contributed by atoms with E-state index in [2.05, 4.69) is 247 Å². The van der Waals surface area contributed by atoms with E-state index in [1.54, 1.807) is 0 Å². The molecule has 8 nitrogen and oxygen atoms in total. The average Bonchev–Trinajstić information content (AvgIpc) is 4.44. The molecule has 0 unspecified atom stereocenters. The van der Waals surface area contributed by atoms with Gasteiger partial charge in [0.25, 0.3) is 6.71 Å². The van der Waals surface area contributed by atoms with Crippen molar-refractivity contribution >= 4 is 96.0 Å². The SMILES string of the molecule is CC(C)(C)c1ccc(N(c2ccc(-c3cc4c5c(c3)N(c3ccc6c(c3)OCO6)c3ccc(C(C)(C)C)cc3B5c3cc(C(C)(C)C)ccc3N4c3ccc4c(c3)OCO4)cc2)c2ccc3cc(-c4cc5ccccc5o4)ccc3c2)cc1. The lowest BCUT2D eigenvalue weighted by Gasteiger charge is -2.45. The van der Waals surface area contributed by atoms with Gasteiger partial charge in [0.15, 0.2) is 23.0 Å². The van der Waals surface area contributed by atoms with Gasteiger partial charge >= 0.3 is 0 Å². The van der Waals surface area contributed by atoms with E-state index in [1.165, 1.54) is 33.1 Å². The van der Waals surface area contributed by atoms with E-state index in [0.29, 0.717) is 0 Å². The normalized spacial score (nSPS) is 14.1. The molecule has 11 aromatic rings. The third-order valence-corrected chi connectivity index (χ3v) is 17.3. The molecule has 0 radical (unpaired) electrons. The van der Waals surface area contributed by atoms with E-state index >= 15 is 0 Å². The van der Waals surface area contributed by atoms with Crippen LogP contribution in [-0.2, 0) is 16.2 Å². The van der Waals surface area contributed by atoms with Crippen LogP contribution in [0.1, 0.15) is 79.0 Å². The van der Waals surface area contributed by atoms with Crippen LogP contribution in [0, 0.1) is 0 Å². The Hall–Kier alpha value is -9.34. The van der Waals surface area contributed by atoms with Crippen LogP contribution in [0.5, 0.6) is 23.0 Å². The van der Waals surface area contributed by atoms with Gasteiger partial charge in [0.05, 0.1) is 11.4 Å². The summed E-state index contributed by atoms with van der Waals surface area (Å²) in [5.74, 6) is 3.82. The highest BCUT2D eigenvalue weighted by Crippen LogP contribution is 2.50. The number of furan rings is 1. The zero-order valence-electron chi connectivity index (χ0n) is 48.4. The van der Waals surface area contributed by atoms with Crippen LogP contribution in [0.25, 0.3) is 44.2 Å². The molecule has 0 spiro atoms. The number of nitrogens with zero attached hydrogens (tertiary/aromatic N) is 3. The lowest BCUT2D eigenvalue weighted by atomic mass is 9.33. The number of ether oxygens (including phenoxy) is 4. The van der Waals surface area contributed by atoms with Crippen molar-refractivity contribution < 1.29 is 23.4 Å². The molecule has 9 heteroatoms. The Balaban J connectivity index is 0.917. The van der Waals surface area contributed by atoms with Gasteiger partial charge in [0.2, 0.25) is 13.6 Å². The summed E-state index contributed by atoms with van der Waals surface area (Å²) in [7, 11) is 0. The largest absolute Gasteiger partial charge is 0.456 e. The van der Waals surface area contributed by atoms with Gasteiger partial charge in [-0.05, 0) is 174 Å². The van der Waals surface area contributed by atoms with E-state index in [-0.39, 0.29) is 36.5 Å². The number of benzene rings is 10. The number of para-hydroxylation sites is 1. The van der Waals surface area contributed by atoms with E-state index in [0.717, 1.165) is 118 Å². The zero-order valence-corrected chi connectivity index (χ0v) is 48.4. The van der Waals surface area contributed by atoms with Gasteiger partial charge in [-0.1, -0.05) is 147 Å². The molecule has 5 heterocycles. The van der Waals surface area contributed by atoms with Crippen molar-refractivity contribution in [2.75, 3.05) is 28.3 Å². The molecule has 0 saturated heterocycles. The molecule has 15 rings (SSSR count). The molecular formula is C74H64BN3O5. The van der Waals surface area contributed by atoms with Crippen molar-refractivity contribution in [2.24, 2.45) is 0 Å². The van der Waals surface area contributed by atoms with E-state index in [9.17, 15) is 0 Å². The first kappa shape index (κ1) is 50.6. The summed E-state index contributed by atoms with van der Waals surface area (Å²) in [6.07, 6.45) is 0. The lowest BCUT2D eigenvalue weighted by Crippen LogP contribution is -2.61. The van der Waals surface area contributed by atoms with Gasteiger partial charge in [0, 0.05) is 62.9 Å². The van der Waals surface area contributed by atoms with Crippen molar-refractivity contribution in [3.63, 3.8) is 0 Å². The molecule has 0 fully saturated rings. The molecule has 4 aliphatic heterocycles. The van der Waals surface area contributed by atoms with Crippen LogP contribution < -0.4 is 50.0 Å². The molecule has 0 amide bonds. The Morgan fingerprint density at radius 1 is 0.373 bits per heavy atom. The van der Waals surface area contributed by atoms with Gasteiger partial charge < -0.3 is 38.1 Å². The molecule has 408 valence electrons. The molecule has 10 aromatic carbocycles. The number of fused-ring (bicyclic) bond motifs is 8. The topological polar surface area (TPSA) is 59.8 Å². The first-order chi connectivity index (χ1) is 40.0. The molecule has 0 saturated carbocycles. The smallest absolute Gasteiger partial charge is 0.252 e. The van der Waals surface area contributed by atoms with Gasteiger partial charge in [-0.25, -0.2) is 0 Å². The van der Waals surface area contributed by atoms with Crippen molar-refractivity contribution in [3.05, 3.63) is 217 Å². The van der Waals surface area contributed by atoms with E-state index in [4.69, 9.17) is 23.4 Å². The van der Waals surface area contributed by atoms with Crippen LogP contribution in [0.4, 0.5) is 51.2 Å². The Bertz CT molecular complexity index is 4250. The molecule has 0 N–H and O–H groups in total. The number of hydrogen-bond acceptors (Lipinski definition) is 8. The summed E-state index contributed by atoms with van der Waals surface area (Å²) in [4.78, 5) is 7.28. The number of rotatable bonds is 7. The quantitative estimate of drug-likeness (QED) is 0.146. The third-order valence-electron chi connectivity index (χ3n) is 17.3. The van der Waals surface area contributed by atoms with Crippen LogP contribution in [0.15, 0.2) is 205 Å². The van der Waals surface area contributed by atoms with Crippen molar-refractivity contribution in [1.82, 2.24) is 0 Å². The first-order valence-corrected chi connectivity index (χ1v) is 28.9. The van der Waals surface area contributed by atoms with Gasteiger partial charge in [-0.2, -0.15) is 0 Å². The monoisotopic (exact) mass is 1090 g/mol. The predicted molar refractivity (Wildman–Crippen MR) is 342 cm³/mol. The highest BCUT2D eigenvalue weighted by atomic mass is 16.7. The summed E-state index contributed by atoms with van der Waals surface area (Å²) in [5, 5.41) is 3.38. The summed E-state index contributed by atoms with van der Waals surface area (Å²) < 4.78 is 30.4. The minimum Gasteiger partial charge on any atom is -0.456 e. The minimum atomic E-state index is -0.0985. The van der Waals surface area contributed by atoms with Gasteiger partial charge in [0.1, 0.15) is 11.3 Å². The molecule has 4 aliphatic rings. The Kier molecular flexibility index (Phi) is 11.3. The summed E-state index contributed by atoms with van der Waals surface area (Å²) in [5.41, 5.74) is 21.1. The Labute approximate surface area is 486 Å². The second-order valence-electron chi connectivity index (χ2n) is 25.7. The molecule has 0 atom stereocenters. The molecular weight excluding hydrogens is 1020 g/mol. The van der Waals surface area contributed by atoms with Gasteiger partial charge in [-0.3, -0.25) is 0 Å².